The molecular formula is C12H29O10P3. The summed E-state index contributed by atoms with van der Waals surface area (Å²) in [6.07, 6.45) is 6.46. The molecule has 0 amide bonds. The normalized spacial score (nSPS) is 15.2. The predicted octanol–water partition coefficient (Wildman–Crippen LogP) is 4.51. The van der Waals surface area contributed by atoms with E-state index >= 15 is 0 Å². The van der Waals surface area contributed by atoms with Crippen molar-refractivity contribution in [2.45, 2.75) is 65.2 Å². The van der Waals surface area contributed by atoms with Gasteiger partial charge in [0.15, 0.2) is 0 Å². The van der Waals surface area contributed by atoms with Crippen molar-refractivity contribution in [2.75, 3.05) is 13.2 Å². The number of unbranched alkanes of at least 4 members (excludes halogenated alkanes) is 6. The lowest BCUT2D eigenvalue weighted by Gasteiger charge is -2.20. The van der Waals surface area contributed by atoms with E-state index in [1.165, 1.54) is 0 Å². The SMILES string of the molecule is CCCCCCOP(=O)(OCCCCCC)OP(=O)(O)OP(=O)(O)O. The highest BCUT2D eigenvalue weighted by atomic mass is 31.3. The smallest absolute Gasteiger partial charge is 0.302 e. The number of hydrogen-bond acceptors (Lipinski definition) is 7. The first kappa shape index (κ1) is 25.4. The molecule has 0 radical (unpaired) electrons. The zero-order valence-corrected chi connectivity index (χ0v) is 17.3. The van der Waals surface area contributed by atoms with Gasteiger partial charge in [-0.2, -0.15) is 8.62 Å². The Kier molecular flexibility index (Phi) is 12.9. The van der Waals surface area contributed by atoms with Crippen molar-refractivity contribution in [1.82, 2.24) is 0 Å². The molecule has 0 aromatic heterocycles. The summed E-state index contributed by atoms with van der Waals surface area (Å²) < 4.78 is 52.7. The predicted molar refractivity (Wildman–Crippen MR) is 91.8 cm³/mol. The number of hydrogen-bond donors (Lipinski definition) is 3. The zero-order chi connectivity index (χ0) is 19.4. The molecular weight excluding hydrogens is 397 g/mol. The fourth-order valence-corrected chi connectivity index (χ4v) is 5.40. The fourth-order valence-electron chi connectivity index (χ4n) is 1.77. The Bertz CT molecular complexity index is 474. The third-order valence-electron chi connectivity index (χ3n) is 2.91. The highest BCUT2D eigenvalue weighted by Gasteiger charge is 2.42. The third-order valence-corrected chi connectivity index (χ3v) is 7.21. The van der Waals surface area contributed by atoms with Gasteiger partial charge in [-0.3, -0.25) is 9.05 Å². The topological polar surface area (TPSA) is 149 Å². The fraction of sp³-hybridized carbons (Fsp3) is 1.00. The van der Waals surface area contributed by atoms with Crippen molar-refractivity contribution >= 4 is 23.5 Å². The maximum Gasteiger partial charge on any atom is 0.490 e. The van der Waals surface area contributed by atoms with Gasteiger partial charge in [0.2, 0.25) is 0 Å². The Morgan fingerprint density at radius 2 is 1.12 bits per heavy atom. The molecule has 13 heteroatoms. The molecule has 0 bridgehead atoms. The molecule has 10 nitrogen and oxygen atoms in total. The molecule has 0 heterocycles. The molecule has 0 aliphatic rings. The first-order valence-corrected chi connectivity index (χ1v) is 12.7. The van der Waals surface area contributed by atoms with Crippen LogP contribution in [0.15, 0.2) is 0 Å². The summed E-state index contributed by atoms with van der Waals surface area (Å²) in [6, 6.07) is 0. The molecule has 0 fully saturated rings. The van der Waals surface area contributed by atoms with Crippen LogP contribution in [-0.4, -0.2) is 27.9 Å². The van der Waals surface area contributed by atoms with E-state index in [1.807, 2.05) is 13.8 Å². The molecule has 1 unspecified atom stereocenters. The summed E-state index contributed by atoms with van der Waals surface area (Å²) >= 11 is 0. The van der Waals surface area contributed by atoms with Gasteiger partial charge in [0.1, 0.15) is 0 Å². The Morgan fingerprint density at radius 3 is 1.48 bits per heavy atom. The summed E-state index contributed by atoms with van der Waals surface area (Å²) in [6.45, 7) is 3.91. The Hall–Kier alpha value is 0.410. The minimum absolute atomic E-state index is 0.0534. The van der Waals surface area contributed by atoms with E-state index in [-0.39, 0.29) is 13.2 Å². The maximum atomic E-state index is 12.4. The van der Waals surface area contributed by atoms with Crippen LogP contribution in [0.4, 0.5) is 0 Å². The van der Waals surface area contributed by atoms with Crippen LogP contribution in [0, 0.1) is 0 Å². The van der Waals surface area contributed by atoms with Gasteiger partial charge < -0.3 is 14.7 Å². The average molecular weight is 426 g/mol. The first-order chi connectivity index (χ1) is 11.5. The lowest BCUT2D eigenvalue weighted by Crippen LogP contribution is -2.03. The first-order valence-electron chi connectivity index (χ1n) is 8.23. The van der Waals surface area contributed by atoms with Crippen LogP contribution >= 0.6 is 23.5 Å². The molecule has 152 valence electrons. The summed E-state index contributed by atoms with van der Waals surface area (Å²) in [7, 11) is -15.2. The average Bonchev–Trinajstić information content (AvgIpc) is 2.43. The van der Waals surface area contributed by atoms with Crippen LogP contribution in [0.3, 0.4) is 0 Å². The number of rotatable bonds is 16. The lowest BCUT2D eigenvalue weighted by molar-refractivity contribution is 0.134. The zero-order valence-electron chi connectivity index (χ0n) is 14.6. The quantitative estimate of drug-likeness (QED) is 0.238. The van der Waals surface area contributed by atoms with Crippen LogP contribution in [0.2, 0.25) is 0 Å². The minimum atomic E-state index is -5.33. The van der Waals surface area contributed by atoms with Gasteiger partial charge in [0, 0.05) is 0 Å². The van der Waals surface area contributed by atoms with E-state index in [4.69, 9.17) is 18.8 Å². The van der Waals surface area contributed by atoms with Crippen molar-refractivity contribution in [3.63, 3.8) is 0 Å². The second-order valence-electron chi connectivity index (χ2n) is 5.36. The minimum Gasteiger partial charge on any atom is -0.302 e. The molecule has 0 aliphatic heterocycles. The van der Waals surface area contributed by atoms with E-state index in [2.05, 4.69) is 8.62 Å². The van der Waals surface area contributed by atoms with Crippen molar-refractivity contribution in [1.29, 1.82) is 0 Å². The maximum absolute atomic E-state index is 12.4. The van der Waals surface area contributed by atoms with E-state index in [0.29, 0.717) is 12.8 Å². The Balaban J connectivity index is 4.71. The molecule has 0 saturated heterocycles. The van der Waals surface area contributed by atoms with Gasteiger partial charge in [-0.25, -0.2) is 13.7 Å². The van der Waals surface area contributed by atoms with Crippen molar-refractivity contribution in [3.8, 4) is 0 Å². The standard InChI is InChI=1S/C12H29O10P3/c1-3-5-7-9-11-19-25(18,20-12-10-8-6-4-2)22-24(16,17)21-23(13,14)15/h3-12H2,1-2H3,(H,16,17)(H2,13,14,15). The molecule has 25 heavy (non-hydrogen) atoms. The molecule has 0 spiro atoms. The molecule has 3 N–H and O–H groups in total. The molecule has 0 saturated carbocycles. The molecule has 0 aromatic carbocycles. The van der Waals surface area contributed by atoms with E-state index in [9.17, 15) is 18.6 Å². The van der Waals surface area contributed by atoms with Gasteiger partial charge in [-0.1, -0.05) is 52.4 Å². The van der Waals surface area contributed by atoms with Crippen LogP contribution in [-0.2, 0) is 31.4 Å². The van der Waals surface area contributed by atoms with Crippen LogP contribution in [0.25, 0.3) is 0 Å². The second-order valence-corrected chi connectivity index (χ2v) is 9.99. The summed E-state index contributed by atoms with van der Waals surface area (Å²) in [4.78, 5) is 26.6. The summed E-state index contributed by atoms with van der Waals surface area (Å²) in [5, 5.41) is 0. The molecule has 0 aromatic rings. The van der Waals surface area contributed by atoms with Crippen LogP contribution in [0.5, 0.6) is 0 Å². The van der Waals surface area contributed by atoms with Crippen molar-refractivity contribution in [3.05, 3.63) is 0 Å². The Morgan fingerprint density at radius 1 is 0.680 bits per heavy atom. The van der Waals surface area contributed by atoms with Crippen molar-refractivity contribution in [2.24, 2.45) is 0 Å². The summed E-state index contributed by atoms with van der Waals surface area (Å²) in [5.74, 6) is 0. The molecule has 0 rings (SSSR count). The van der Waals surface area contributed by atoms with Gasteiger partial charge in [-0.05, 0) is 12.8 Å². The highest BCUT2D eigenvalue weighted by Crippen LogP contribution is 2.68. The van der Waals surface area contributed by atoms with E-state index < -0.39 is 23.5 Å². The van der Waals surface area contributed by atoms with E-state index in [0.717, 1.165) is 38.5 Å². The summed E-state index contributed by atoms with van der Waals surface area (Å²) in [5.41, 5.74) is 0. The van der Waals surface area contributed by atoms with Crippen LogP contribution in [0.1, 0.15) is 65.2 Å². The van der Waals surface area contributed by atoms with Gasteiger partial charge in [0.25, 0.3) is 0 Å². The number of phosphoric ester groups is 1. The number of phosphoric acid groups is 3. The van der Waals surface area contributed by atoms with Crippen LogP contribution < -0.4 is 0 Å². The molecule has 1 atom stereocenters. The largest absolute Gasteiger partial charge is 0.490 e. The third kappa shape index (κ3) is 15.2. The van der Waals surface area contributed by atoms with Gasteiger partial charge in [0.05, 0.1) is 13.2 Å². The van der Waals surface area contributed by atoms with Crippen molar-refractivity contribution < 1.29 is 46.0 Å². The monoisotopic (exact) mass is 426 g/mol. The van der Waals surface area contributed by atoms with E-state index in [1.54, 1.807) is 0 Å². The van der Waals surface area contributed by atoms with Gasteiger partial charge in [-0.15, -0.1) is 0 Å². The molecule has 0 aliphatic carbocycles. The van der Waals surface area contributed by atoms with Gasteiger partial charge >= 0.3 is 23.5 Å². The Labute approximate surface area is 148 Å². The second kappa shape index (κ2) is 12.7. The lowest BCUT2D eigenvalue weighted by atomic mass is 10.2. The highest BCUT2D eigenvalue weighted by molar-refractivity contribution is 7.66.